The van der Waals surface area contributed by atoms with E-state index in [0.29, 0.717) is 17.2 Å². The molecule has 0 N–H and O–H groups in total. The van der Waals surface area contributed by atoms with Gasteiger partial charge in [0.2, 0.25) is 0 Å². The predicted octanol–water partition coefficient (Wildman–Crippen LogP) is 3.00. The molecule has 1 aromatic carbocycles. The van der Waals surface area contributed by atoms with Gasteiger partial charge in [0, 0.05) is 17.1 Å². The quantitative estimate of drug-likeness (QED) is 0.584. The molecule has 2 aliphatic rings. The lowest BCUT2D eigenvalue weighted by atomic mass is 9.93. The summed E-state index contributed by atoms with van der Waals surface area (Å²) >= 11 is 5.91. The second kappa shape index (κ2) is 10.0. The molecule has 0 aromatic heterocycles. The minimum absolute atomic E-state index is 0.00314. The summed E-state index contributed by atoms with van der Waals surface area (Å²) in [5, 5.41) is 0.484. The fourth-order valence-electron chi connectivity index (χ4n) is 4.18. The number of sulfone groups is 1. The standard InChI is InChI=1S/C21H28ClNO6S/c1-15(29-19-9-5-6-16(22)12-19)21(25)28-13-20(24)23(17-7-3-2-4-8-17)18-10-11-30(26,27)14-18/h5-6,9,12,15,17-18H,2-4,7-8,10-11,13-14H2,1H3. The number of nitrogens with zero attached hydrogens (tertiary/aromatic N) is 1. The van der Waals surface area contributed by atoms with Gasteiger partial charge in [0.1, 0.15) is 5.75 Å². The van der Waals surface area contributed by atoms with Crippen molar-refractivity contribution in [3.8, 4) is 5.75 Å². The third-order valence-corrected chi connectivity index (χ3v) is 7.62. The average Bonchev–Trinajstić information content (AvgIpc) is 3.06. The summed E-state index contributed by atoms with van der Waals surface area (Å²) in [6.45, 7) is 1.12. The second-order valence-corrected chi connectivity index (χ2v) is 10.6. The van der Waals surface area contributed by atoms with E-state index in [1.807, 2.05) is 0 Å². The van der Waals surface area contributed by atoms with Crippen LogP contribution in [0.2, 0.25) is 5.02 Å². The van der Waals surface area contributed by atoms with Crippen molar-refractivity contribution in [3.05, 3.63) is 29.3 Å². The molecular weight excluding hydrogens is 430 g/mol. The van der Waals surface area contributed by atoms with Crippen LogP contribution in [-0.2, 0) is 24.2 Å². The number of hydrogen-bond acceptors (Lipinski definition) is 6. The molecule has 2 fully saturated rings. The maximum absolute atomic E-state index is 13.0. The van der Waals surface area contributed by atoms with E-state index in [-0.39, 0.29) is 29.5 Å². The Balaban J connectivity index is 1.59. The van der Waals surface area contributed by atoms with Crippen molar-refractivity contribution in [1.29, 1.82) is 0 Å². The van der Waals surface area contributed by atoms with E-state index >= 15 is 0 Å². The summed E-state index contributed by atoms with van der Waals surface area (Å²) in [6, 6.07) is 6.32. The van der Waals surface area contributed by atoms with Crippen molar-refractivity contribution in [3.63, 3.8) is 0 Å². The molecule has 1 heterocycles. The molecule has 1 aliphatic carbocycles. The second-order valence-electron chi connectivity index (χ2n) is 7.97. The van der Waals surface area contributed by atoms with Crippen LogP contribution < -0.4 is 4.74 Å². The van der Waals surface area contributed by atoms with E-state index in [1.54, 1.807) is 29.2 Å². The lowest BCUT2D eigenvalue weighted by molar-refractivity contribution is -0.159. The smallest absolute Gasteiger partial charge is 0.347 e. The number of benzene rings is 1. The molecule has 0 radical (unpaired) electrons. The van der Waals surface area contributed by atoms with E-state index < -0.39 is 28.5 Å². The van der Waals surface area contributed by atoms with Crippen LogP contribution in [0.1, 0.15) is 45.4 Å². The van der Waals surface area contributed by atoms with Crippen LogP contribution in [0.5, 0.6) is 5.75 Å². The van der Waals surface area contributed by atoms with Crippen molar-refractivity contribution in [2.45, 2.75) is 63.6 Å². The van der Waals surface area contributed by atoms with Gasteiger partial charge >= 0.3 is 5.97 Å². The highest BCUT2D eigenvalue weighted by Gasteiger charge is 2.38. The van der Waals surface area contributed by atoms with Gasteiger partial charge in [-0.15, -0.1) is 0 Å². The minimum atomic E-state index is -3.13. The van der Waals surface area contributed by atoms with Gasteiger partial charge in [-0.3, -0.25) is 4.79 Å². The molecule has 1 amide bonds. The van der Waals surface area contributed by atoms with Crippen molar-refractivity contribution in [1.82, 2.24) is 4.90 Å². The number of amides is 1. The van der Waals surface area contributed by atoms with Crippen molar-refractivity contribution < 1.29 is 27.5 Å². The summed E-state index contributed by atoms with van der Waals surface area (Å²) in [5.74, 6) is -0.493. The first-order chi connectivity index (χ1) is 14.2. The summed E-state index contributed by atoms with van der Waals surface area (Å²) < 4.78 is 34.7. The van der Waals surface area contributed by atoms with E-state index in [0.717, 1.165) is 32.1 Å². The molecule has 1 aromatic rings. The first kappa shape index (κ1) is 22.9. The van der Waals surface area contributed by atoms with Crippen molar-refractivity contribution in [2.24, 2.45) is 0 Å². The topological polar surface area (TPSA) is 90.0 Å². The Morgan fingerprint density at radius 3 is 2.53 bits per heavy atom. The number of carbonyl (C=O) groups is 2. The van der Waals surface area contributed by atoms with Gasteiger partial charge in [0.15, 0.2) is 22.5 Å². The van der Waals surface area contributed by atoms with Crippen LogP contribution in [0.25, 0.3) is 0 Å². The highest BCUT2D eigenvalue weighted by Crippen LogP contribution is 2.28. The van der Waals surface area contributed by atoms with E-state index in [4.69, 9.17) is 21.1 Å². The minimum Gasteiger partial charge on any atom is -0.479 e. The van der Waals surface area contributed by atoms with E-state index in [2.05, 4.69) is 0 Å². The molecule has 2 atom stereocenters. The van der Waals surface area contributed by atoms with Gasteiger partial charge in [-0.2, -0.15) is 0 Å². The fourth-order valence-corrected chi connectivity index (χ4v) is 6.07. The Bertz CT molecular complexity index is 868. The van der Waals surface area contributed by atoms with Gasteiger partial charge in [-0.25, -0.2) is 13.2 Å². The number of ether oxygens (including phenoxy) is 2. The van der Waals surface area contributed by atoms with Gasteiger partial charge < -0.3 is 14.4 Å². The molecule has 0 bridgehead atoms. The van der Waals surface area contributed by atoms with Crippen LogP contribution in [0.3, 0.4) is 0 Å². The zero-order valence-electron chi connectivity index (χ0n) is 17.1. The summed E-state index contributed by atoms with van der Waals surface area (Å²) in [4.78, 5) is 27.0. The molecule has 3 rings (SSSR count). The SMILES string of the molecule is CC(Oc1cccc(Cl)c1)C(=O)OCC(=O)N(C1CCCCC1)C1CCS(=O)(=O)C1. The average molecular weight is 458 g/mol. The van der Waals surface area contributed by atoms with Crippen molar-refractivity contribution >= 4 is 33.3 Å². The maximum Gasteiger partial charge on any atom is 0.347 e. The molecule has 166 valence electrons. The number of esters is 1. The molecule has 1 aliphatic heterocycles. The monoisotopic (exact) mass is 457 g/mol. The molecule has 2 unspecified atom stereocenters. The first-order valence-corrected chi connectivity index (χ1v) is 12.6. The Hall–Kier alpha value is -1.80. The first-order valence-electron chi connectivity index (χ1n) is 10.4. The van der Waals surface area contributed by atoms with Crippen LogP contribution in [-0.4, -0.2) is 61.5 Å². The zero-order valence-corrected chi connectivity index (χ0v) is 18.7. The Morgan fingerprint density at radius 1 is 1.17 bits per heavy atom. The molecule has 30 heavy (non-hydrogen) atoms. The molecule has 1 saturated heterocycles. The predicted molar refractivity (Wildman–Crippen MR) is 113 cm³/mol. The van der Waals surface area contributed by atoms with Crippen LogP contribution in [0.4, 0.5) is 0 Å². The highest BCUT2D eigenvalue weighted by atomic mass is 35.5. The van der Waals surface area contributed by atoms with Crippen LogP contribution >= 0.6 is 11.6 Å². The normalized spacial score (nSPS) is 22.3. The maximum atomic E-state index is 13.0. The zero-order chi connectivity index (χ0) is 21.7. The largest absolute Gasteiger partial charge is 0.479 e. The lowest BCUT2D eigenvalue weighted by Crippen LogP contribution is -2.50. The number of rotatable bonds is 7. The van der Waals surface area contributed by atoms with Gasteiger partial charge in [-0.1, -0.05) is 36.9 Å². The Labute approximate surface area is 182 Å². The third kappa shape index (κ3) is 6.11. The summed E-state index contributed by atoms with van der Waals surface area (Å²) in [5.41, 5.74) is 0. The van der Waals surface area contributed by atoms with Gasteiger partial charge in [-0.05, 0) is 44.4 Å². The summed E-state index contributed by atoms with van der Waals surface area (Å²) in [7, 11) is -3.13. The molecule has 0 spiro atoms. The number of hydrogen-bond donors (Lipinski definition) is 0. The Morgan fingerprint density at radius 2 is 1.90 bits per heavy atom. The van der Waals surface area contributed by atoms with Gasteiger partial charge in [0.25, 0.3) is 5.91 Å². The van der Waals surface area contributed by atoms with Crippen LogP contribution in [0, 0.1) is 0 Å². The van der Waals surface area contributed by atoms with E-state index in [9.17, 15) is 18.0 Å². The summed E-state index contributed by atoms with van der Waals surface area (Å²) in [6.07, 6.45) is 4.37. The van der Waals surface area contributed by atoms with Gasteiger partial charge in [0.05, 0.1) is 11.5 Å². The molecule has 1 saturated carbocycles. The molecule has 7 nitrogen and oxygen atoms in total. The highest BCUT2D eigenvalue weighted by molar-refractivity contribution is 7.91. The number of carbonyl (C=O) groups excluding carboxylic acids is 2. The number of halogens is 1. The fraction of sp³-hybridized carbons (Fsp3) is 0.619. The van der Waals surface area contributed by atoms with E-state index in [1.165, 1.54) is 6.92 Å². The molecule has 9 heteroatoms. The Kier molecular flexibility index (Phi) is 7.63. The lowest BCUT2D eigenvalue weighted by Gasteiger charge is -2.38. The van der Waals surface area contributed by atoms with Crippen molar-refractivity contribution in [2.75, 3.05) is 18.1 Å². The molecular formula is C21H28ClNO6S. The third-order valence-electron chi connectivity index (χ3n) is 5.64. The van der Waals surface area contributed by atoms with Crippen LogP contribution in [0.15, 0.2) is 24.3 Å².